The molecule has 0 fully saturated rings. The predicted octanol–water partition coefficient (Wildman–Crippen LogP) is 1.03. The first-order valence-corrected chi connectivity index (χ1v) is 6.79. The van der Waals surface area contributed by atoms with Gasteiger partial charge >= 0.3 is 5.97 Å². The smallest absolute Gasteiger partial charge is 0.313 e. The fraction of sp³-hybridized carbons (Fsp3) is 0.364. The van der Waals surface area contributed by atoms with Gasteiger partial charge in [-0.2, -0.15) is 0 Å². The van der Waals surface area contributed by atoms with Crippen molar-refractivity contribution in [3.63, 3.8) is 0 Å². The van der Waals surface area contributed by atoms with Crippen LogP contribution in [0.1, 0.15) is 19.4 Å². The van der Waals surface area contributed by atoms with Crippen LogP contribution in [0.15, 0.2) is 23.1 Å². The van der Waals surface area contributed by atoms with Gasteiger partial charge < -0.3 is 10.8 Å². The largest absolute Gasteiger partial charge is 0.481 e. The molecule has 0 aliphatic rings. The fourth-order valence-electron chi connectivity index (χ4n) is 1.37. The SMILES string of the molecule is CC(C)(C(=O)O)c1ccc(N)c(S(C)(=O)=O)c1. The Labute approximate surface area is 100 Å². The number of carboxylic acids is 1. The molecule has 17 heavy (non-hydrogen) atoms. The van der Waals surface area contributed by atoms with Crippen LogP contribution in [0.25, 0.3) is 0 Å². The Morgan fingerprint density at radius 3 is 2.29 bits per heavy atom. The lowest BCUT2D eigenvalue weighted by molar-refractivity contribution is -0.142. The summed E-state index contributed by atoms with van der Waals surface area (Å²) in [7, 11) is -3.46. The molecule has 0 aliphatic heterocycles. The molecule has 1 rings (SSSR count). The number of rotatable bonds is 3. The van der Waals surface area contributed by atoms with Crippen molar-refractivity contribution in [1.82, 2.24) is 0 Å². The molecule has 3 N–H and O–H groups in total. The maximum atomic E-state index is 11.5. The summed E-state index contributed by atoms with van der Waals surface area (Å²) in [5, 5.41) is 9.08. The van der Waals surface area contributed by atoms with E-state index in [0.29, 0.717) is 5.56 Å². The lowest BCUT2D eigenvalue weighted by Gasteiger charge is -2.20. The zero-order valence-electron chi connectivity index (χ0n) is 9.89. The highest BCUT2D eigenvalue weighted by atomic mass is 32.2. The summed E-state index contributed by atoms with van der Waals surface area (Å²) >= 11 is 0. The molecule has 0 atom stereocenters. The molecule has 5 nitrogen and oxygen atoms in total. The number of nitrogen functional groups attached to an aromatic ring is 1. The monoisotopic (exact) mass is 257 g/mol. The summed E-state index contributed by atoms with van der Waals surface area (Å²) in [6.45, 7) is 3.01. The van der Waals surface area contributed by atoms with Gasteiger partial charge in [0.25, 0.3) is 0 Å². The first kappa shape index (κ1) is 13.5. The highest BCUT2D eigenvalue weighted by Crippen LogP contribution is 2.28. The van der Waals surface area contributed by atoms with Crippen molar-refractivity contribution in [3.05, 3.63) is 23.8 Å². The van der Waals surface area contributed by atoms with Crippen LogP contribution in [0.5, 0.6) is 0 Å². The van der Waals surface area contributed by atoms with E-state index < -0.39 is 21.2 Å². The molecule has 0 amide bonds. The standard InChI is InChI=1S/C11H15NO4S/c1-11(2,10(13)14)7-4-5-8(12)9(6-7)17(3,15)16/h4-6H,12H2,1-3H3,(H,13,14). The molecule has 0 saturated carbocycles. The highest BCUT2D eigenvalue weighted by molar-refractivity contribution is 7.90. The van der Waals surface area contributed by atoms with Gasteiger partial charge in [0.1, 0.15) is 0 Å². The van der Waals surface area contributed by atoms with Crippen LogP contribution in [0.4, 0.5) is 5.69 Å². The summed E-state index contributed by atoms with van der Waals surface area (Å²) in [4.78, 5) is 11.0. The molecule has 0 aliphatic carbocycles. The Bertz CT molecular complexity index is 561. The van der Waals surface area contributed by atoms with Gasteiger partial charge in [0.2, 0.25) is 0 Å². The number of sulfone groups is 1. The Morgan fingerprint density at radius 1 is 1.35 bits per heavy atom. The lowest BCUT2D eigenvalue weighted by atomic mass is 9.85. The maximum absolute atomic E-state index is 11.5. The quantitative estimate of drug-likeness (QED) is 0.788. The van der Waals surface area contributed by atoms with E-state index in [2.05, 4.69) is 0 Å². The van der Waals surface area contributed by atoms with Crippen LogP contribution >= 0.6 is 0 Å². The van der Waals surface area contributed by atoms with Crippen molar-refractivity contribution >= 4 is 21.5 Å². The zero-order chi connectivity index (χ0) is 13.4. The molecule has 0 saturated heterocycles. The number of benzene rings is 1. The van der Waals surface area contributed by atoms with Gasteiger partial charge in [-0.3, -0.25) is 4.79 Å². The molecule has 0 heterocycles. The third-order valence-electron chi connectivity index (χ3n) is 2.67. The summed E-state index contributed by atoms with van der Waals surface area (Å²) in [5.74, 6) is -1.03. The van der Waals surface area contributed by atoms with E-state index in [1.54, 1.807) is 0 Å². The van der Waals surface area contributed by atoms with Crippen LogP contribution in [0, 0.1) is 0 Å². The van der Waals surface area contributed by atoms with Gasteiger partial charge in [0.05, 0.1) is 16.0 Å². The minimum absolute atomic E-state index is 0.0377. The minimum Gasteiger partial charge on any atom is -0.481 e. The van der Waals surface area contributed by atoms with Gasteiger partial charge in [-0.15, -0.1) is 0 Å². The van der Waals surface area contributed by atoms with Crippen molar-refractivity contribution < 1.29 is 18.3 Å². The number of hydrogen-bond donors (Lipinski definition) is 2. The van der Waals surface area contributed by atoms with E-state index in [4.69, 9.17) is 10.8 Å². The summed E-state index contributed by atoms with van der Waals surface area (Å²) in [5.41, 5.74) is 4.93. The molecule has 94 valence electrons. The van der Waals surface area contributed by atoms with Crippen LogP contribution in [0.2, 0.25) is 0 Å². The van der Waals surface area contributed by atoms with Crippen LogP contribution in [-0.4, -0.2) is 25.7 Å². The zero-order valence-corrected chi connectivity index (χ0v) is 10.7. The average Bonchev–Trinajstić information content (AvgIpc) is 2.15. The topological polar surface area (TPSA) is 97.5 Å². The summed E-state index contributed by atoms with van der Waals surface area (Å²) in [6, 6.07) is 4.26. The van der Waals surface area contributed by atoms with E-state index in [9.17, 15) is 13.2 Å². The number of carboxylic acid groups (broad SMARTS) is 1. The molecular formula is C11H15NO4S. The highest BCUT2D eigenvalue weighted by Gasteiger charge is 2.30. The Balaban J connectivity index is 3.47. The summed E-state index contributed by atoms with van der Waals surface area (Å²) < 4.78 is 23.0. The van der Waals surface area contributed by atoms with Gasteiger partial charge in [0.15, 0.2) is 9.84 Å². The maximum Gasteiger partial charge on any atom is 0.313 e. The predicted molar refractivity (Wildman–Crippen MR) is 64.6 cm³/mol. The molecule has 0 unspecified atom stereocenters. The molecule has 0 bridgehead atoms. The van der Waals surface area contributed by atoms with Crippen molar-refractivity contribution in [3.8, 4) is 0 Å². The molecule has 6 heteroatoms. The van der Waals surface area contributed by atoms with E-state index in [0.717, 1.165) is 6.26 Å². The second-order valence-corrected chi connectivity index (χ2v) is 6.44. The van der Waals surface area contributed by atoms with Crippen molar-refractivity contribution in [1.29, 1.82) is 0 Å². The minimum atomic E-state index is -3.46. The van der Waals surface area contributed by atoms with E-state index >= 15 is 0 Å². The first-order chi connectivity index (χ1) is 7.56. The molecule has 0 radical (unpaired) electrons. The fourth-order valence-corrected chi connectivity index (χ4v) is 2.20. The number of carbonyl (C=O) groups is 1. The van der Waals surface area contributed by atoms with Gasteiger partial charge in [-0.1, -0.05) is 6.07 Å². The molecule has 1 aromatic rings. The van der Waals surface area contributed by atoms with Crippen LogP contribution in [-0.2, 0) is 20.0 Å². The molecule has 0 spiro atoms. The Morgan fingerprint density at radius 2 is 1.88 bits per heavy atom. The Kier molecular flexibility index (Phi) is 3.20. The molecule has 0 aromatic heterocycles. The summed E-state index contributed by atoms with van der Waals surface area (Å²) in [6.07, 6.45) is 1.04. The van der Waals surface area contributed by atoms with Gasteiger partial charge in [-0.25, -0.2) is 8.42 Å². The lowest BCUT2D eigenvalue weighted by Crippen LogP contribution is -2.28. The molecule has 1 aromatic carbocycles. The Hall–Kier alpha value is -1.56. The van der Waals surface area contributed by atoms with Crippen molar-refractivity contribution in [2.24, 2.45) is 0 Å². The van der Waals surface area contributed by atoms with E-state index in [1.807, 2.05) is 0 Å². The number of anilines is 1. The second kappa shape index (κ2) is 4.03. The van der Waals surface area contributed by atoms with Crippen molar-refractivity contribution in [2.75, 3.05) is 12.0 Å². The van der Waals surface area contributed by atoms with E-state index in [-0.39, 0.29) is 10.6 Å². The first-order valence-electron chi connectivity index (χ1n) is 4.90. The van der Waals surface area contributed by atoms with E-state index in [1.165, 1.54) is 32.0 Å². The van der Waals surface area contributed by atoms with Crippen LogP contribution in [0.3, 0.4) is 0 Å². The number of aliphatic carboxylic acids is 1. The number of nitrogens with two attached hydrogens (primary N) is 1. The number of hydrogen-bond acceptors (Lipinski definition) is 4. The average molecular weight is 257 g/mol. The second-order valence-electron chi connectivity index (χ2n) is 4.45. The third-order valence-corrected chi connectivity index (χ3v) is 3.82. The normalized spacial score (nSPS) is 12.4. The van der Waals surface area contributed by atoms with Crippen LogP contribution < -0.4 is 5.73 Å². The van der Waals surface area contributed by atoms with Gasteiger partial charge in [0, 0.05) is 6.26 Å². The molecular weight excluding hydrogens is 242 g/mol. The van der Waals surface area contributed by atoms with Gasteiger partial charge in [-0.05, 0) is 31.5 Å². The third kappa shape index (κ3) is 2.58. The van der Waals surface area contributed by atoms with Crippen molar-refractivity contribution in [2.45, 2.75) is 24.2 Å².